The summed E-state index contributed by atoms with van der Waals surface area (Å²) in [7, 11) is 0. The summed E-state index contributed by atoms with van der Waals surface area (Å²) in [4.78, 5) is 22.9. The molecule has 5 heteroatoms. The van der Waals surface area contributed by atoms with Crippen LogP contribution < -0.4 is 5.32 Å². The minimum atomic E-state index is -2.69. The van der Waals surface area contributed by atoms with E-state index < -0.39 is 30.6 Å². The zero-order valence-corrected chi connectivity index (χ0v) is 9.42. The quantitative estimate of drug-likeness (QED) is 0.731. The van der Waals surface area contributed by atoms with Gasteiger partial charge in [-0.2, -0.15) is 0 Å². The van der Waals surface area contributed by atoms with Crippen LogP contribution >= 0.6 is 0 Å². The maximum absolute atomic E-state index is 11.4. The molecule has 0 aliphatic rings. The van der Waals surface area contributed by atoms with Crippen molar-refractivity contribution >= 4 is 12.1 Å². The summed E-state index contributed by atoms with van der Waals surface area (Å²) in [6.07, 6.45) is -0.975. The maximum atomic E-state index is 11.4. The molecule has 1 N–H and O–H groups in total. The number of alkyl carbamates (subject to hydrolysis) is 1. The summed E-state index contributed by atoms with van der Waals surface area (Å²) in [5, 5.41) is 2.00. The average Bonchev–Trinajstić information content (AvgIpc) is 2.09. The molecule has 0 radical (unpaired) electrons. The lowest BCUT2D eigenvalue weighted by Crippen LogP contribution is -2.42. The SMILES string of the molecule is [2H]C([2H])([2H])[C@@H](NC(=O)OC(C)(C)C)C(=O)OCC. The van der Waals surface area contributed by atoms with Gasteiger partial charge in [0, 0.05) is 4.11 Å². The lowest BCUT2D eigenvalue weighted by molar-refractivity contribution is -0.145. The van der Waals surface area contributed by atoms with Crippen LogP contribution in [0.25, 0.3) is 0 Å². The highest BCUT2D eigenvalue weighted by molar-refractivity contribution is 5.80. The van der Waals surface area contributed by atoms with Crippen LogP contribution in [0.5, 0.6) is 0 Å². The van der Waals surface area contributed by atoms with Crippen molar-refractivity contribution in [1.82, 2.24) is 5.32 Å². The van der Waals surface area contributed by atoms with E-state index in [1.54, 1.807) is 27.7 Å². The van der Waals surface area contributed by atoms with Crippen LogP contribution in [-0.2, 0) is 14.3 Å². The first-order chi connectivity index (χ1) is 7.97. The van der Waals surface area contributed by atoms with E-state index in [0.717, 1.165) is 0 Å². The van der Waals surface area contributed by atoms with Crippen LogP contribution in [0.2, 0.25) is 0 Å². The Morgan fingerprint density at radius 2 is 2.07 bits per heavy atom. The van der Waals surface area contributed by atoms with Crippen molar-refractivity contribution in [3.8, 4) is 0 Å². The molecular formula is C10H19NO4. The summed E-state index contributed by atoms with van der Waals surface area (Å²) >= 11 is 0. The van der Waals surface area contributed by atoms with E-state index in [1.165, 1.54) is 0 Å². The van der Waals surface area contributed by atoms with Crippen molar-refractivity contribution in [3.05, 3.63) is 0 Å². The summed E-state index contributed by atoms with van der Waals surface area (Å²) in [6, 6.07) is -1.73. The van der Waals surface area contributed by atoms with Crippen LogP contribution in [0.15, 0.2) is 0 Å². The van der Waals surface area contributed by atoms with E-state index in [9.17, 15) is 9.59 Å². The van der Waals surface area contributed by atoms with Gasteiger partial charge in [0.2, 0.25) is 0 Å². The Kier molecular flexibility index (Phi) is 3.35. The monoisotopic (exact) mass is 220 g/mol. The van der Waals surface area contributed by atoms with Crippen LogP contribution in [0.1, 0.15) is 38.7 Å². The van der Waals surface area contributed by atoms with E-state index in [1.807, 2.05) is 5.32 Å². The van der Waals surface area contributed by atoms with Gasteiger partial charge in [-0.25, -0.2) is 9.59 Å². The molecule has 0 spiro atoms. The maximum Gasteiger partial charge on any atom is 0.408 e. The van der Waals surface area contributed by atoms with Gasteiger partial charge in [0.15, 0.2) is 0 Å². The molecule has 0 aromatic heterocycles. The average molecular weight is 220 g/mol. The number of amides is 1. The molecular weight excluding hydrogens is 198 g/mol. The molecule has 0 rings (SSSR count). The highest BCUT2D eigenvalue weighted by Gasteiger charge is 2.21. The van der Waals surface area contributed by atoms with E-state index in [0.29, 0.717) is 0 Å². The van der Waals surface area contributed by atoms with Gasteiger partial charge in [-0.05, 0) is 34.5 Å². The molecule has 0 unspecified atom stereocenters. The molecule has 15 heavy (non-hydrogen) atoms. The predicted octanol–water partition coefficient (Wildman–Crippen LogP) is 1.46. The Morgan fingerprint density at radius 1 is 1.47 bits per heavy atom. The largest absolute Gasteiger partial charge is 0.464 e. The van der Waals surface area contributed by atoms with Gasteiger partial charge in [0.05, 0.1) is 6.61 Å². The van der Waals surface area contributed by atoms with Gasteiger partial charge in [0.25, 0.3) is 0 Å². The van der Waals surface area contributed by atoms with Crippen molar-refractivity contribution in [2.45, 2.75) is 46.2 Å². The Hall–Kier alpha value is -1.26. The first kappa shape index (κ1) is 9.00. The second-order valence-electron chi connectivity index (χ2n) is 3.83. The smallest absolute Gasteiger partial charge is 0.408 e. The first-order valence-electron chi connectivity index (χ1n) is 6.13. The molecule has 0 aliphatic heterocycles. The Labute approximate surface area is 94.3 Å². The molecule has 0 bridgehead atoms. The van der Waals surface area contributed by atoms with E-state index in [2.05, 4.69) is 4.74 Å². The molecule has 0 aromatic rings. The molecule has 88 valence electrons. The molecule has 1 amide bonds. The number of nitrogens with one attached hydrogen (secondary N) is 1. The lowest BCUT2D eigenvalue weighted by atomic mass is 10.2. The topological polar surface area (TPSA) is 64.6 Å². The summed E-state index contributed by atoms with van der Waals surface area (Å²) in [5.41, 5.74) is -0.780. The van der Waals surface area contributed by atoms with E-state index in [-0.39, 0.29) is 6.61 Å². The fourth-order valence-electron chi connectivity index (χ4n) is 0.710. The number of hydrogen-bond acceptors (Lipinski definition) is 4. The third-order valence-electron chi connectivity index (χ3n) is 1.18. The number of ether oxygens (including phenoxy) is 2. The molecule has 1 atom stereocenters. The number of esters is 1. The van der Waals surface area contributed by atoms with Gasteiger partial charge >= 0.3 is 12.1 Å². The molecule has 5 nitrogen and oxygen atoms in total. The van der Waals surface area contributed by atoms with Gasteiger partial charge in [-0.1, -0.05) is 0 Å². The van der Waals surface area contributed by atoms with Crippen molar-refractivity contribution in [2.75, 3.05) is 6.61 Å². The van der Waals surface area contributed by atoms with E-state index >= 15 is 0 Å². The van der Waals surface area contributed by atoms with Gasteiger partial charge in [-0.15, -0.1) is 0 Å². The van der Waals surface area contributed by atoms with Gasteiger partial charge in [0.1, 0.15) is 11.6 Å². The zero-order valence-electron chi connectivity index (χ0n) is 12.4. The van der Waals surface area contributed by atoms with Gasteiger partial charge < -0.3 is 14.8 Å². The molecule has 0 saturated heterocycles. The molecule has 0 aromatic carbocycles. The Balaban J connectivity index is 4.72. The number of carbonyl (C=O) groups is 2. The number of hydrogen-bond donors (Lipinski definition) is 1. The zero-order chi connectivity index (χ0) is 14.6. The Morgan fingerprint density at radius 3 is 2.47 bits per heavy atom. The number of rotatable bonds is 3. The second-order valence-corrected chi connectivity index (χ2v) is 3.83. The van der Waals surface area contributed by atoms with Crippen molar-refractivity contribution in [1.29, 1.82) is 0 Å². The minimum Gasteiger partial charge on any atom is -0.464 e. The minimum absolute atomic E-state index is 0.0292. The second kappa shape index (κ2) is 5.58. The highest BCUT2D eigenvalue weighted by Crippen LogP contribution is 2.06. The third-order valence-corrected chi connectivity index (χ3v) is 1.18. The lowest BCUT2D eigenvalue weighted by Gasteiger charge is -2.21. The van der Waals surface area contributed by atoms with Crippen LogP contribution in [-0.4, -0.2) is 30.3 Å². The molecule has 0 saturated carbocycles. The standard InChI is InChI=1S/C10H19NO4/c1-6-14-8(12)7(2)11-9(13)15-10(3,4)5/h7H,6H2,1-5H3,(H,11,13)/t7-/m1/s1/i2D3. The van der Waals surface area contributed by atoms with E-state index in [4.69, 9.17) is 8.85 Å². The van der Waals surface area contributed by atoms with Crippen molar-refractivity contribution in [3.63, 3.8) is 0 Å². The normalized spacial score (nSPS) is 16.7. The van der Waals surface area contributed by atoms with Crippen LogP contribution in [0.3, 0.4) is 0 Å². The first-order valence-corrected chi connectivity index (χ1v) is 4.63. The van der Waals surface area contributed by atoms with Gasteiger partial charge in [-0.3, -0.25) is 0 Å². The van der Waals surface area contributed by atoms with Crippen molar-refractivity contribution < 1.29 is 23.2 Å². The van der Waals surface area contributed by atoms with Crippen LogP contribution in [0.4, 0.5) is 4.79 Å². The predicted molar refractivity (Wildman–Crippen MR) is 55.5 cm³/mol. The molecule has 0 fully saturated rings. The molecule has 0 heterocycles. The summed E-state index contributed by atoms with van der Waals surface area (Å²) in [6.45, 7) is 3.76. The van der Waals surface area contributed by atoms with Crippen LogP contribution in [0, 0.1) is 0 Å². The molecule has 0 aliphatic carbocycles. The van der Waals surface area contributed by atoms with Crippen molar-refractivity contribution in [2.24, 2.45) is 0 Å². The number of carbonyl (C=O) groups excluding carboxylic acids is 2. The summed E-state index contributed by atoms with van der Waals surface area (Å²) in [5.74, 6) is -1.01. The highest BCUT2D eigenvalue weighted by atomic mass is 16.6. The fourth-order valence-corrected chi connectivity index (χ4v) is 0.710. The summed E-state index contributed by atoms with van der Waals surface area (Å²) < 4.78 is 31.0. The fraction of sp³-hybridized carbons (Fsp3) is 0.800. The Bertz CT molecular complexity index is 309. The third kappa shape index (κ3) is 6.76.